The third-order valence-corrected chi connectivity index (χ3v) is 3.71. The average molecular weight is 277 g/mol. The van der Waals surface area contributed by atoms with Gasteiger partial charge in [0.2, 0.25) is 0 Å². The summed E-state index contributed by atoms with van der Waals surface area (Å²) in [6.45, 7) is 4.27. The van der Waals surface area contributed by atoms with Crippen LogP contribution in [0, 0.1) is 0 Å². The van der Waals surface area contributed by atoms with E-state index in [-0.39, 0.29) is 5.97 Å². The van der Waals surface area contributed by atoms with Gasteiger partial charge in [-0.3, -0.25) is 0 Å². The number of carbonyl (C=O) groups is 1. The Labute approximate surface area is 120 Å². The van der Waals surface area contributed by atoms with E-state index in [1.54, 1.807) is 18.3 Å². The highest BCUT2D eigenvalue weighted by molar-refractivity contribution is 5.94. The largest absolute Gasteiger partial charge is 0.462 e. The quantitative estimate of drug-likeness (QED) is 0.851. The van der Waals surface area contributed by atoms with Gasteiger partial charge in [-0.25, -0.2) is 9.78 Å². The van der Waals surface area contributed by atoms with Crippen LogP contribution in [-0.2, 0) is 4.74 Å². The minimum Gasteiger partial charge on any atom is -0.462 e. The molecule has 0 bridgehead atoms. The lowest BCUT2D eigenvalue weighted by Crippen LogP contribution is -2.34. The highest BCUT2D eigenvalue weighted by atomic mass is 16.5. The van der Waals surface area contributed by atoms with E-state index in [4.69, 9.17) is 4.74 Å². The second kappa shape index (κ2) is 7.24. The lowest BCUT2D eigenvalue weighted by atomic mass is 10.1. The van der Waals surface area contributed by atoms with E-state index in [2.05, 4.69) is 15.2 Å². The molecule has 5 heteroatoms. The zero-order chi connectivity index (χ0) is 14.4. The number of anilines is 1. The molecule has 0 amide bonds. The van der Waals surface area contributed by atoms with Crippen molar-refractivity contribution in [2.75, 3.05) is 31.6 Å². The number of aromatic nitrogens is 1. The SMILES string of the molecule is CCOC(=O)c1cccnc1N(C)C1CCCNCC1. The lowest BCUT2D eigenvalue weighted by molar-refractivity contribution is 0.0526. The van der Waals surface area contributed by atoms with E-state index in [9.17, 15) is 4.79 Å². The first-order chi connectivity index (χ1) is 9.74. The van der Waals surface area contributed by atoms with Crippen molar-refractivity contribution in [3.63, 3.8) is 0 Å². The van der Waals surface area contributed by atoms with E-state index in [0.717, 1.165) is 38.2 Å². The minimum absolute atomic E-state index is 0.297. The average Bonchev–Trinajstić information content (AvgIpc) is 2.76. The molecule has 1 aliphatic rings. The molecule has 2 heterocycles. The zero-order valence-corrected chi connectivity index (χ0v) is 12.3. The number of hydrogen-bond donors (Lipinski definition) is 1. The lowest BCUT2D eigenvalue weighted by Gasteiger charge is -2.29. The fourth-order valence-corrected chi connectivity index (χ4v) is 2.61. The first-order valence-corrected chi connectivity index (χ1v) is 7.29. The molecule has 0 saturated carbocycles. The number of nitrogens with zero attached hydrogens (tertiary/aromatic N) is 2. The van der Waals surface area contributed by atoms with Crippen molar-refractivity contribution in [1.29, 1.82) is 0 Å². The van der Waals surface area contributed by atoms with Crippen molar-refractivity contribution in [3.8, 4) is 0 Å². The second-order valence-corrected chi connectivity index (χ2v) is 5.04. The molecular weight excluding hydrogens is 254 g/mol. The molecule has 1 fully saturated rings. The summed E-state index contributed by atoms with van der Waals surface area (Å²) in [5.74, 6) is 0.423. The Morgan fingerprint density at radius 3 is 3.15 bits per heavy atom. The molecule has 1 aromatic heterocycles. The normalized spacial score (nSPS) is 19.2. The number of esters is 1. The van der Waals surface area contributed by atoms with Gasteiger partial charge in [0.1, 0.15) is 11.4 Å². The molecule has 0 aromatic carbocycles. The third-order valence-electron chi connectivity index (χ3n) is 3.71. The highest BCUT2D eigenvalue weighted by Crippen LogP contribution is 2.23. The molecule has 2 rings (SSSR count). The molecule has 0 spiro atoms. The molecule has 1 saturated heterocycles. The van der Waals surface area contributed by atoms with Gasteiger partial charge in [-0.15, -0.1) is 0 Å². The van der Waals surface area contributed by atoms with E-state index >= 15 is 0 Å². The molecule has 0 aliphatic carbocycles. The number of carbonyl (C=O) groups excluding carboxylic acids is 1. The van der Waals surface area contributed by atoms with E-state index < -0.39 is 0 Å². The Morgan fingerprint density at radius 1 is 1.50 bits per heavy atom. The molecule has 110 valence electrons. The van der Waals surface area contributed by atoms with Crippen molar-refractivity contribution in [1.82, 2.24) is 10.3 Å². The number of pyridine rings is 1. The predicted molar refractivity (Wildman–Crippen MR) is 79.1 cm³/mol. The van der Waals surface area contributed by atoms with Gasteiger partial charge >= 0.3 is 5.97 Å². The summed E-state index contributed by atoms with van der Waals surface area (Å²) in [5, 5.41) is 3.40. The van der Waals surface area contributed by atoms with Gasteiger partial charge in [0.05, 0.1) is 6.61 Å². The van der Waals surface area contributed by atoms with Crippen molar-refractivity contribution in [2.45, 2.75) is 32.2 Å². The molecule has 1 unspecified atom stereocenters. The molecule has 1 N–H and O–H groups in total. The maximum atomic E-state index is 12.0. The van der Waals surface area contributed by atoms with Crippen LogP contribution in [0.15, 0.2) is 18.3 Å². The number of ether oxygens (including phenoxy) is 1. The van der Waals surface area contributed by atoms with Crippen LogP contribution in [0.2, 0.25) is 0 Å². The standard InChI is InChI=1S/C15H23N3O2/c1-3-20-15(19)13-7-5-10-17-14(13)18(2)12-6-4-9-16-11-8-12/h5,7,10,12,16H,3-4,6,8-9,11H2,1-2H3. The van der Waals surface area contributed by atoms with Crippen molar-refractivity contribution >= 4 is 11.8 Å². The second-order valence-electron chi connectivity index (χ2n) is 5.04. The Morgan fingerprint density at radius 2 is 2.35 bits per heavy atom. The van der Waals surface area contributed by atoms with Crippen LogP contribution in [0.25, 0.3) is 0 Å². The molecule has 5 nitrogen and oxygen atoms in total. The Kier molecular flexibility index (Phi) is 5.35. The maximum absolute atomic E-state index is 12.0. The molecule has 20 heavy (non-hydrogen) atoms. The van der Waals surface area contributed by atoms with Gasteiger partial charge in [0.25, 0.3) is 0 Å². The maximum Gasteiger partial charge on any atom is 0.341 e. The Balaban J connectivity index is 2.19. The topological polar surface area (TPSA) is 54.5 Å². The smallest absolute Gasteiger partial charge is 0.341 e. The van der Waals surface area contributed by atoms with Crippen LogP contribution in [-0.4, -0.2) is 43.7 Å². The Hall–Kier alpha value is -1.62. The van der Waals surface area contributed by atoms with Gasteiger partial charge in [-0.1, -0.05) is 0 Å². The summed E-state index contributed by atoms with van der Waals surface area (Å²) in [5.41, 5.74) is 0.550. The minimum atomic E-state index is -0.297. The number of hydrogen-bond acceptors (Lipinski definition) is 5. The number of rotatable bonds is 4. The summed E-state index contributed by atoms with van der Waals surface area (Å²) >= 11 is 0. The molecule has 1 atom stereocenters. The van der Waals surface area contributed by atoms with Crippen molar-refractivity contribution in [2.24, 2.45) is 0 Å². The summed E-state index contributed by atoms with van der Waals surface area (Å²) in [6, 6.07) is 3.97. The van der Waals surface area contributed by atoms with E-state index in [1.165, 1.54) is 0 Å². The van der Waals surface area contributed by atoms with E-state index in [0.29, 0.717) is 18.2 Å². The zero-order valence-electron chi connectivity index (χ0n) is 12.3. The van der Waals surface area contributed by atoms with Crippen LogP contribution in [0.4, 0.5) is 5.82 Å². The van der Waals surface area contributed by atoms with Crippen molar-refractivity contribution in [3.05, 3.63) is 23.9 Å². The third kappa shape index (κ3) is 3.48. The monoisotopic (exact) mass is 277 g/mol. The summed E-state index contributed by atoms with van der Waals surface area (Å²) < 4.78 is 5.11. The van der Waals surface area contributed by atoms with Gasteiger partial charge in [0.15, 0.2) is 0 Å². The summed E-state index contributed by atoms with van der Waals surface area (Å²) in [6.07, 6.45) is 5.05. The van der Waals surface area contributed by atoms with Crippen molar-refractivity contribution < 1.29 is 9.53 Å². The highest BCUT2D eigenvalue weighted by Gasteiger charge is 2.22. The molecule has 1 aromatic rings. The van der Waals surface area contributed by atoms with Gasteiger partial charge in [0, 0.05) is 19.3 Å². The summed E-state index contributed by atoms with van der Waals surface area (Å²) in [7, 11) is 2.01. The predicted octanol–water partition coefficient (Wildman–Crippen LogP) is 1.84. The van der Waals surface area contributed by atoms with Gasteiger partial charge < -0.3 is 15.0 Å². The van der Waals surface area contributed by atoms with Crippen LogP contribution < -0.4 is 10.2 Å². The first-order valence-electron chi connectivity index (χ1n) is 7.29. The summed E-state index contributed by atoms with van der Waals surface area (Å²) in [4.78, 5) is 18.5. The van der Waals surface area contributed by atoms with Crippen LogP contribution in [0.3, 0.4) is 0 Å². The van der Waals surface area contributed by atoms with E-state index in [1.807, 2.05) is 14.0 Å². The van der Waals surface area contributed by atoms with Crippen LogP contribution in [0.1, 0.15) is 36.5 Å². The fourth-order valence-electron chi connectivity index (χ4n) is 2.61. The molecular formula is C15H23N3O2. The fraction of sp³-hybridized carbons (Fsp3) is 0.600. The molecule has 0 radical (unpaired) electrons. The van der Waals surface area contributed by atoms with Gasteiger partial charge in [-0.2, -0.15) is 0 Å². The molecule has 1 aliphatic heterocycles. The van der Waals surface area contributed by atoms with Crippen LogP contribution >= 0.6 is 0 Å². The van der Waals surface area contributed by atoms with Gasteiger partial charge in [-0.05, 0) is 51.4 Å². The Bertz CT molecular complexity index is 442. The number of nitrogens with one attached hydrogen (secondary N) is 1. The van der Waals surface area contributed by atoms with Crippen LogP contribution in [0.5, 0.6) is 0 Å². The first kappa shape index (κ1) is 14.8.